The molecule has 4 aliphatic rings. The largest absolute Gasteiger partial charge is 0.394 e. The van der Waals surface area contributed by atoms with Crippen LogP contribution in [0.15, 0.2) is 0 Å². The van der Waals surface area contributed by atoms with Crippen molar-refractivity contribution in [3.05, 3.63) is 0 Å². The maximum Gasteiger partial charge on any atom is 0.187 e. The fourth-order valence-electron chi connectivity index (χ4n) is 5.70. The van der Waals surface area contributed by atoms with Crippen molar-refractivity contribution in [2.24, 2.45) is 28.7 Å². The summed E-state index contributed by atoms with van der Waals surface area (Å²) < 4.78 is 34.1. The second kappa shape index (κ2) is 14.3. The van der Waals surface area contributed by atoms with Gasteiger partial charge in [0.2, 0.25) is 0 Å². The van der Waals surface area contributed by atoms with Gasteiger partial charge in [0.05, 0.1) is 43.5 Å². The first-order chi connectivity index (χ1) is 20.3. The Morgan fingerprint density at radius 3 is 1.44 bits per heavy atom. The third kappa shape index (κ3) is 6.70. The van der Waals surface area contributed by atoms with Crippen LogP contribution in [-0.4, -0.2) is 188 Å². The highest BCUT2D eigenvalue weighted by molar-refractivity contribution is 5.06. The molecule has 3 heterocycles. The predicted molar refractivity (Wildman–Crippen MR) is 138 cm³/mol. The Balaban J connectivity index is 1.52. The number of hydrogen-bond donors (Lipinski definition) is 14. The van der Waals surface area contributed by atoms with Gasteiger partial charge in [-0.3, -0.25) is 0 Å². The molecule has 20 heteroatoms. The van der Waals surface area contributed by atoms with Gasteiger partial charge in [0.1, 0.15) is 73.2 Å². The van der Waals surface area contributed by atoms with E-state index in [4.69, 9.17) is 57.1 Å². The van der Waals surface area contributed by atoms with Crippen molar-refractivity contribution in [1.29, 1.82) is 0 Å². The van der Waals surface area contributed by atoms with Gasteiger partial charge in [0.15, 0.2) is 18.9 Å². The fraction of sp³-hybridized carbons (Fsp3) is 1.00. The van der Waals surface area contributed by atoms with Crippen molar-refractivity contribution in [2.75, 3.05) is 19.8 Å². The number of aliphatic hydroxyl groups excluding tert-OH is 9. The van der Waals surface area contributed by atoms with Crippen molar-refractivity contribution in [3.8, 4) is 0 Å². The molecule has 0 aromatic carbocycles. The molecular formula is C23H45N5O15. The van der Waals surface area contributed by atoms with Crippen LogP contribution in [-0.2, 0) is 28.4 Å². The van der Waals surface area contributed by atoms with E-state index in [-0.39, 0.29) is 6.54 Å². The molecule has 20 atom stereocenters. The molecular weight excluding hydrogens is 586 g/mol. The molecule has 0 amide bonds. The minimum atomic E-state index is -1.69. The van der Waals surface area contributed by atoms with Gasteiger partial charge < -0.3 is 103 Å². The highest BCUT2D eigenvalue weighted by atomic mass is 16.8. The van der Waals surface area contributed by atoms with E-state index >= 15 is 0 Å². The van der Waals surface area contributed by atoms with Gasteiger partial charge in [-0.2, -0.15) is 0 Å². The molecule has 20 nitrogen and oxygen atoms in total. The molecule has 0 aromatic rings. The van der Waals surface area contributed by atoms with E-state index in [2.05, 4.69) is 0 Å². The topological polar surface area (TPSA) is 368 Å². The van der Waals surface area contributed by atoms with Crippen molar-refractivity contribution >= 4 is 0 Å². The molecule has 0 aromatic heterocycles. The summed E-state index contributed by atoms with van der Waals surface area (Å²) in [5.41, 5.74) is 29.6. The molecule has 0 radical (unpaired) electrons. The molecule has 4 fully saturated rings. The SMILES string of the molecule is NC[C@@H]1O[C@H](O[C@H]2[C@@H](O)[C@H](O[C@@H]3[C@@H](O)[C@H](N)[C@@H](O)[C@H](N)[C@H]3O[C@H]3O[C@H](CO)[C@@H](O)[C@H](O)[C@H]3N)O[C@@H]2CO)[C@H](N)[C@@H](O)[C@@H]1O. The van der Waals surface area contributed by atoms with Gasteiger partial charge in [0.25, 0.3) is 0 Å². The van der Waals surface area contributed by atoms with Crippen LogP contribution in [0, 0.1) is 0 Å². The van der Waals surface area contributed by atoms with E-state index in [0.717, 1.165) is 0 Å². The highest BCUT2D eigenvalue weighted by Gasteiger charge is 2.56. The summed E-state index contributed by atoms with van der Waals surface area (Å²) in [7, 11) is 0. The molecule has 0 unspecified atom stereocenters. The average Bonchev–Trinajstić information content (AvgIpc) is 3.29. The van der Waals surface area contributed by atoms with Gasteiger partial charge >= 0.3 is 0 Å². The standard InChI is InChI=1S/C23H45N5O15/c24-1-4-11(31)14(34)9(27)21(38-4)41-18-6(3-30)40-23(17(18)37)43-20-16(36)7(25)13(33)8(26)19(20)42-22-10(28)15(35)12(32)5(2-29)39-22/h4-23,29-37H,1-3,24-28H2/t4-,5+,6+,7+,8-,9+,10+,11+,12+,13+,14+,15+,16-,17+,18+,19+,20+,21+,22+,23-/m0/s1. The summed E-state index contributed by atoms with van der Waals surface area (Å²) in [5, 5.41) is 92.9. The van der Waals surface area contributed by atoms with Crippen LogP contribution < -0.4 is 28.7 Å². The first-order valence-corrected chi connectivity index (χ1v) is 13.9. The molecule has 0 bridgehead atoms. The number of nitrogens with two attached hydrogens (primary N) is 5. The third-order valence-electron chi connectivity index (χ3n) is 8.48. The number of rotatable bonds is 9. The third-order valence-corrected chi connectivity index (χ3v) is 8.48. The number of ether oxygens (including phenoxy) is 6. The lowest BCUT2D eigenvalue weighted by Gasteiger charge is -2.48. The summed E-state index contributed by atoms with van der Waals surface area (Å²) in [6.07, 6.45) is -23.5. The predicted octanol–water partition coefficient (Wildman–Crippen LogP) is -9.89. The summed E-state index contributed by atoms with van der Waals surface area (Å²) in [5.74, 6) is 0. The molecule has 1 saturated carbocycles. The lowest BCUT2D eigenvalue weighted by Crippen LogP contribution is -2.72. The van der Waals surface area contributed by atoms with E-state index in [1.165, 1.54) is 0 Å². The van der Waals surface area contributed by atoms with Gasteiger partial charge in [-0.05, 0) is 0 Å². The molecule has 3 saturated heterocycles. The maximum atomic E-state index is 11.1. The average molecular weight is 632 g/mol. The van der Waals surface area contributed by atoms with Crippen LogP contribution in [0.2, 0.25) is 0 Å². The van der Waals surface area contributed by atoms with Gasteiger partial charge in [-0.15, -0.1) is 0 Å². The van der Waals surface area contributed by atoms with Gasteiger partial charge in [0, 0.05) is 6.54 Å². The Kier molecular flexibility index (Phi) is 11.7. The maximum absolute atomic E-state index is 11.1. The molecule has 1 aliphatic carbocycles. The van der Waals surface area contributed by atoms with Crippen LogP contribution in [0.3, 0.4) is 0 Å². The summed E-state index contributed by atoms with van der Waals surface area (Å²) >= 11 is 0. The van der Waals surface area contributed by atoms with Crippen molar-refractivity contribution in [3.63, 3.8) is 0 Å². The Morgan fingerprint density at radius 2 is 0.907 bits per heavy atom. The lowest BCUT2D eigenvalue weighted by atomic mass is 9.82. The molecule has 0 spiro atoms. The zero-order chi connectivity index (χ0) is 31.9. The van der Waals surface area contributed by atoms with E-state index < -0.39 is 136 Å². The normalized spacial score (nSPS) is 54.6. The lowest BCUT2D eigenvalue weighted by molar-refractivity contribution is -0.315. The van der Waals surface area contributed by atoms with E-state index in [1.54, 1.807) is 0 Å². The quantitative estimate of drug-likeness (QED) is 0.112. The van der Waals surface area contributed by atoms with E-state index in [0.29, 0.717) is 0 Å². The molecule has 4 rings (SSSR count). The minimum Gasteiger partial charge on any atom is -0.394 e. The minimum absolute atomic E-state index is 0.194. The number of hydrogen-bond acceptors (Lipinski definition) is 20. The summed E-state index contributed by atoms with van der Waals surface area (Å²) in [6, 6.07) is -5.38. The molecule has 19 N–H and O–H groups in total. The zero-order valence-corrected chi connectivity index (χ0v) is 23.0. The van der Waals surface area contributed by atoms with Crippen molar-refractivity contribution in [2.45, 2.75) is 122 Å². The van der Waals surface area contributed by atoms with Crippen LogP contribution in [0.25, 0.3) is 0 Å². The monoisotopic (exact) mass is 631 g/mol. The van der Waals surface area contributed by atoms with Gasteiger partial charge in [-0.25, -0.2) is 0 Å². The second-order valence-electron chi connectivity index (χ2n) is 11.3. The van der Waals surface area contributed by atoms with E-state index in [1.807, 2.05) is 0 Å². The van der Waals surface area contributed by atoms with Crippen LogP contribution >= 0.6 is 0 Å². The second-order valence-corrected chi connectivity index (χ2v) is 11.3. The highest BCUT2D eigenvalue weighted by Crippen LogP contribution is 2.34. The Morgan fingerprint density at radius 1 is 0.442 bits per heavy atom. The molecule has 252 valence electrons. The van der Waals surface area contributed by atoms with Crippen molar-refractivity contribution < 1.29 is 74.4 Å². The first kappa shape index (κ1) is 35.1. The Bertz CT molecular complexity index is 898. The zero-order valence-electron chi connectivity index (χ0n) is 23.0. The fourth-order valence-corrected chi connectivity index (χ4v) is 5.70. The number of aliphatic hydroxyl groups is 9. The van der Waals surface area contributed by atoms with Gasteiger partial charge in [-0.1, -0.05) is 0 Å². The molecule has 43 heavy (non-hydrogen) atoms. The van der Waals surface area contributed by atoms with Crippen LogP contribution in [0.1, 0.15) is 0 Å². The Hall–Kier alpha value is -0.800. The Labute approximate surface area is 245 Å². The van der Waals surface area contributed by atoms with Crippen LogP contribution in [0.5, 0.6) is 0 Å². The van der Waals surface area contributed by atoms with E-state index in [9.17, 15) is 46.0 Å². The molecule has 3 aliphatic heterocycles. The van der Waals surface area contributed by atoms with Crippen molar-refractivity contribution in [1.82, 2.24) is 0 Å². The van der Waals surface area contributed by atoms with Crippen LogP contribution in [0.4, 0.5) is 0 Å². The summed E-state index contributed by atoms with van der Waals surface area (Å²) in [6.45, 7) is -1.60. The first-order valence-electron chi connectivity index (χ1n) is 13.9. The smallest absolute Gasteiger partial charge is 0.187 e. The summed E-state index contributed by atoms with van der Waals surface area (Å²) in [4.78, 5) is 0.